The molecule has 1 nitrogen and oxygen atoms in total. The fraction of sp³-hybridized carbons (Fsp3) is 0.455. The fourth-order valence-corrected chi connectivity index (χ4v) is 2.34. The molecule has 2 atom stereocenters. The van der Waals surface area contributed by atoms with Gasteiger partial charge in [-0.2, -0.15) is 0 Å². The molecule has 0 heterocycles. The van der Waals surface area contributed by atoms with Gasteiger partial charge in [0.05, 0.1) is 0 Å². The molecule has 1 fully saturated rings. The van der Waals surface area contributed by atoms with Crippen molar-refractivity contribution in [3.05, 3.63) is 34.3 Å². The summed E-state index contributed by atoms with van der Waals surface area (Å²) in [4.78, 5) is 0. The molecule has 0 bridgehead atoms. The molecular formula is C11H14ClN. The van der Waals surface area contributed by atoms with Gasteiger partial charge in [-0.25, -0.2) is 0 Å². The van der Waals surface area contributed by atoms with Crippen LogP contribution in [0.3, 0.4) is 0 Å². The minimum Gasteiger partial charge on any atom is -0.330 e. The summed E-state index contributed by atoms with van der Waals surface area (Å²) in [6.45, 7) is 2.91. The van der Waals surface area contributed by atoms with Crippen LogP contribution in [0.5, 0.6) is 0 Å². The molecule has 1 aromatic rings. The first kappa shape index (κ1) is 9.04. The van der Waals surface area contributed by atoms with Crippen molar-refractivity contribution in [1.29, 1.82) is 0 Å². The highest BCUT2D eigenvalue weighted by Crippen LogP contribution is 2.49. The van der Waals surface area contributed by atoms with Gasteiger partial charge in [0.15, 0.2) is 0 Å². The standard InChI is InChI=1S/C11H14ClN/c1-7-3-2-4-10(12)11(7)9-5-8(9)6-13/h2-4,8-9H,5-6,13H2,1H3/t8-,9+/m1/s1. The third-order valence-corrected chi connectivity index (χ3v) is 3.20. The van der Waals surface area contributed by atoms with E-state index in [1.54, 1.807) is 0 Å². The van der Waals surface area contributed by atoms with E-state index >= 15 is 0 Å². The summed E-state index contributed by atoms with van der Waals surface area (Å²) in [7, 11) is 0. The van der Waals surface area contributed by atoms with Gasteiger partial charge in [-0.05, 0) is 48.9 Å². The highest BCUT2D eigenvalue weighted by atomic mass is 35.5. The summed E-state index contributed by atoms with van der Waals surface area (Å²) in [5, 5.41) is 0.904. The van der Waals surface area contributed by atoms with Crippen molar-refractivity contribution in [3.63, 3.8) is 0 Å². The van der Waals surface area contributed by atoms with Crippen LogP contribution in [-0.2, 0) is 0 Å². The minimum atomic E-state index is 0.624. The minimum absolute atomic E-state index is 0.624. The average molecular weight is 196 g/mol. The van der Waals surface area contributed by atoms with Crippen molar-refractivity contribution >= 4 is 11.6 Å². The Bertz CT molecular complexity index is 302. The van der Waals surface area contributed by atoms with Crippen LogP contribution in [0.25, 0.3) is 0 Å². The second-order valence-electron chi connectivity index (χ2n) is 3.81. The monoisotopic (exact) mass is 195 g/mol. The van der Waals surface area contributed by atoms with Gasteiger partial charge in [0.2, 0.25) is 0 Å². The van der Waals surface area contributed by atoms with E-state index in [2.05, 4.69) is 13.0 Å². The molecule has 0 unspecified atom stereocenters. The molecule has 13 heavy (non-hydrogen) atoms. The maximum Gasteiger partial charge on any atom is 0.0443 e. The molecule has 1 aliphatic carbocycles. The van der Waals surface area contributed by atoms with Crippen molar-refractivity contribution in [2.24, 2.45) is 11.7 Å². The molecule has 0 amide bonds. The molecule has 70 valence electrons. The van der Waals surface area contributed by atoms with E-state index < -0.39 is 0 Å². The predicted octanol–water partition coefficient (Wildman–Crippen LogP) is 2.71. The van der Waals surface area contributed by atoms with Crippen LogP contribution in [0.15, 0.2) is 18.2 Å². The van der Waals surface area contributed by atoms with Crippen LogP contribution in [-0.4, -0.2) is 6.54 Å². The van der Waals surface area contributed by atoms with Crippen molar-refractivity contribution in [2.45, 2.75) is 19.3 Å². The lowest BCUT2D eigenvalue weighted by molar-refractivity contribution is 0.807. The number of rotatable bonds is 2. The van der Waals surface area contributed by atoms with E-state index in [1.165, 1.54) is 17.5 Å². The SMILES string of the molecule is Cc1cccc(Cl)c1[C@H]1C[C@@H]1CN. The van der Waals surface area contributed by atoms with Crippen molar-refractivity contribution in [1.82, 2.24) is 0 Å². The Kier molecular flexibility index (Phi) is 2.31. The Morgan fingerprint density at radius 2 is 2.31 bits per heavy atom. The van der Waals surface area contributed by atoms with Crippen molar-refractivity contribution < 1.29 is 0 Å². The number of hydrogen-bond donors (Lipinski definition) is 1. The molecular weight excluding hydrogens is 182 g/mol. The zero-order valence-electron chi connectivity index (χ0n) is 7.76. The molecule has 2 rings (SSSR count). The summed E-state index contributed by atoms with van der Waals surface area (Å²) in [5.41, 5.74) is 8.24. The quantitative estimate of drug-likeness (QED) is 0.772. The van der Waals surface area contributed by atoms with Crippen LogP contribution in [0.2, 0.25) is 5.02 Å². The van der Waals surface area contributed by atoms with E-state index in [0.29, 0.717) is 11.8 Å². The van der Waals surface area contributed by atoms with Gasteiger partial charge < -0.3 is 5.73 Å². The van der Waals surface area contributed by atoms with Gasteiger partial charge in [0, 0.05) is 5.02 Å². The highest BCUT2D eigenvalue weighted by molar-refractivity contribution is 6.31. The van der Waals surface area contributed by atoms with Gasteiger partial charge in [0.25, 0.3) is 0 Å². The molecule has 1 saturated carbocycles. The Hall–Kier alpha value is -0.530. The first-order chi connectivity index (χ1) is 6.24. The van der Waals surface area contributed by atoms with Gasteiger partial charge in [-0.1, -0.05) is 23.7 Å². The van der Waals surface area contributed by atoms with E-state index in [0.717, 1.165) is 11.6 Å². The number of aryl methyl sites for hydroxylation is 1. The van der Waals surface area contributed by atoms with Gasteiger partial charge in [-0.15, -0.1) is 0 Å². The summed E-state index contributed by atoms with van der Waals surface area (Å²) in [6, 6.07) is 6.09. The lowest BCUT2D eigenvalue weighted by atomic mass is 10.0. The predicted molar refractivity (Wildman–Crippen MR) is 56.1 cm³/mol. The molecule has 0 aliphatic heterocycles. The number of nitrogens with two attached hydrogens (primary N) is 1. The summed E-state index contributed by atoms with van der Waals surface area (Å²) >= 11 is 6.15. The topological polar surface area (TPSA) is 26.0 Å². The molecule has 1 aromatic carbocycles. The molecule has 2 heteroatoms. The van der Waals surface area contributed by atoms with E-state index in [-0.39, 0.29) is 0 Å². The normalized spacial score (nSPS) is 26.1. The largest absolute Gasteiger partial charge is 0.330 e. The van der Waals surface area contributed by atoms with Crippen LogP contribution < -0.4 is 5.73 Å². The molecule has 0 spiro atoms. The Balaban J connectivity index is 2.30. The molecule has 0 saturated heterocycles. The van der Waals surface area contributed by atoms with E-state index in [9.17, 15) is 0 Å². The Labute approximate surface area is 83.9 Å². The van der Waals surface area contributed by atoms with Crippen LogP contribution in [0.1, 0.15) is 23.5 Å². The first-order valence-electron chi connectivity index (χ1n) is 4.69. The van der Waals surface area contributed by atoms with Gasteiger partial charge in [-0.3, -0.25) is 0 Å². The molecule has 1 aliphatic rings. The number of benzene rings is 1. The van der Waals surface area contributed by atoms with Gasteiger partial charge in [0.1, 0.15) is 0 Å². The van der Waals surface area contributed by atoms with Gasteiger partial charge >= 0.3 is 0 Å². The molecule has 0 aromatic heterocycles. The van der Waals surface area contributed by atoms with E-state index in [4.69, 9.17) is 17.3 Å². The smallest absolute Gasteiger partial charge is 0.0443 e. The Morgan fingerprint density at radius 1 is 1.54 bits per heavy atom. The maximum atomic E-state index is 6.15. The molecule has 2 N–H and O–H groups in total. The lowest BCUT2D eigenvalue weighted by Gasteiger charge is -2.06. The second kappa shape index (κ2) is 3.32. The zero-order chi connectivity index (χ0) is 9.42. The summed E-state index contributed by atoms with van der Waals surface area (Å²) in [5.74, 6) is 1.29. The summed E-state index contributed by atoms with van der Waals surface area (Å²) < 4.78 is 0. The molecule has 0 radical (unpaired) electrons. The fourth-order valence-electron chi connectivity index (χ4n) is 1.98. The summed E-state index contributed by atoms with van der Waals surface area (Å²) in [6.07, 6.45) is 1.21. The first-order valence-corrected chi connectivity index (χ1v) is 5.07. The maximum absolute atomic E-state index is 6.15. The number of halogens is 1. The lowest BCUT2D eigenvalue weighted by Crippen LogP contribution is -2.02. The number of hydrogen-bond acceptors (Lipinski definition) is 1. The van der Waals surface area contributed by atoms with Crippen molar-refractivity contribution in [2.75, 3.05) is 6.54 Å². The second-order valence-corrected chi connectivity index (χ2v) is 4.22. The van der Waals surface area contributed by atoms with E-state index in [1.807, 2.05) is 12.1 Å². The highest BCUT2D eigenvalue weighted by Gasteiger charge is 2.38. The Morgan fingerprint density at radius 3 is 2.85 bits per heavy atom. The zero-order valence-corrected chi connectivity index (χ0v) is 8.51. The van der Waals surface area contributed by atoms with Crippen LogP contribution in [0.4, 0.5) is 0 Å². The average Bonchev–Trinajstić information content (AvgIpc) is 2.83. The third-order valence-electron chi connectivity index (χ3n) is 2.87. The van der Waals surface area contributed by atoms with Crippen LogP contribution >= 0.6 is 11.6 Å². The third kappa shape index (κ3) is 1.59. The van der Waals surface area contributed by atoms with Crippen LogP contribution in [0, 0.1) is 12.8 Å². The van der Waals surface area contributed by atoms with Crippen molar-refractivity contribution in [3.8, 4) is 0 Å².